The molecule has 0 aromatic heterocycles. The number of anilines is 1. The summed E-state index contributed by atoms with van der Waals surface area (Å²) in [5.41, 5.74) is 9.85. The fourth-order valence-electron chi connectivity index (χ4n) is 2.17. The fourth-order valence-corrected chi connectivity index (χ4v) is 3.34. The molecule has 1 aromatic carbocycles. The Balaban J connectivity index is 2.31. The van der Waals surface area contributed by atoms with Gasteiger partial charge in [-0.2, -0.15) is 4.41 Å². The maximum atomic E-state index is 12.7. The molecule has 22 heavy (non-hydrogen) atoms. The van der Waals surface area contributed by atoms with Crippen LogP contribution in [0.5, 0.6) is 0 Å². The van der Waals surface area contributed by atoms with E-state index < -0.39 is 4.92 Å². The maximum Gasteiger partial charge on any atom is 0.292 e. The molecule has 0 saturated heterocycles. The van der Waals surface area contributed by atoms with Gasteiger partial charge in [0.1, 0.15) is 5.69 Å². The molecule has 1 aromatic rings. The van der Waals surface area contributed by atoms with Crippen molar-refractivity contribution < 1.29 is 9.72 Å². The van der Waals surface area contributed by atoms with Crippen LogP contribution < -0.4 is 11.2 Å². The van der Waals surface area contributed by atoms with E-state index >= 15 is 0 Å². The fraction of sp³-hybridized carbons (Fsp3) is 0.357. The Morgan fingerprint density at radius 3 is 2.82 bits per heavy atom. The molecule has 7 nitrogen and oxygen atoms in total. The van der Waals surface area contributed by atoms with Gasteiger partial charge in [-0.1, -0.05) is 13.8 Å². The molecule has 0 bridgehead atoms. The number of nitrogens with two attached hydrogens (primary N) is 1. The molecule has 0 spiro atoms. The molecule has 3 N–H and O–H groups in total. The van der Waals surface area contributed by atoms with E-state index in [0.29, 0.717) is 11.4 Å². The van der Waals surface area contributed by atoms with Gasteiger partial charge >= 0.3 is 0 Å². The first-order valence-corrected chi connectivity index (χ1v) is 7.74. The van der Waals surface area contributed by atoms with Gasteiger partial charge in [0.05, 0.1) is 9.83 Å². The average molecular weight is 322 g/mol. The SMILES string of the molecule is CCNN1CC(CC)=C(C(=O)c2ccc(N)c([N+](=O)[O-])c2)S1. The predicted molar refractivity (Wildman–Crippen MR) is 87.1 cm³/mol. The van der Waals surface area contributed by atoms with Crippen LogP contribution in [0.15, 0.2) is 28.7 Å². The van der Waals surface area contributed by atoms with Gasteiger partial charge in [-0.15, -0.1) is 0 Å². The quantitative estimate of drug-likeness (QED) is 0.273. The van der Waals surface area contributed by atoms with Gasteiger partial charge in [0.2, 0.25) is 5.78 Å². The van der Waals surface area contributed by atoms with Crippen molar-refractivity contribution in [1.82, 2.24) is 9.84 Å². The molecule has 0 atom stereocenters. The van der Waals surface area contributed by atoms with Crippen LogP contribution in [0, 0.1) is 10.1 Å². The summed E-state index contributed by atoms with van der Waals surface area (Å²) < 4.78 is 1.90. The molecular formula is C14H18N4O3S. The Hall–Kier alpha value is -1.90. The van der Waals surface area contributed by atoms with Crippen LogP contribution in [-0.4, -0.2) is 28.2 Å². The zero-order valence-corrected chi connectivity index (χ0v) is 13.3. The van der Waals surface area contributed by atoms with Crippen LogP contribution in [0.4, 0.5) is 11.4 Å². The van der Waals surface area contributed by atoms with Crippen molar-refractivity contribution in [2.45, 2.75) is 20.3 Å². The summed E-state index contributed by atoms with van der Waals surface area (Å²) in [7, 11) is 0. The summed E-state index contributed by atoms with van der Waals surface area (Å²) in [6.07, 6.45) is 0.757. The first-order valence-electron chi connectivity index (χ1n) is 6.97. The van der Waals surface area contributed by atoms with Crippen molar-refractivity contribution in [1.29, 1.82) is 0 Å². The van der Waals surface area contributed by atoms with Crippen molar-refractivity contribution in [2.75, 3.05) is 18.8 Å². The number of nitrogen functional groups attached to an aromatic ring is 1. The molecule has 0 saturated carbocycles. The average Bonchev–Trinajstić information content (AvgIpc) is 2.90. The highest BCUT2D eigenvalue weighted by molar-refractivity contribution is 8.02. The molecule has 2 rings (SSSR count). The molecule has 0 radical (unpaired) electrons. The molecular weight excluding hydrogens is 304 g/mol. The molecule has 0 amide bonds. The van der Waals surface area contributed by atoms with Gasteiger partial charge in [-0.3, -0.25) is 14.9 Å². The monoisotopic (exact) mass is 322 g/mol. The Morgan fingerprint density at radius 1 is 1.50 bits per heavy atom. The number of rotatable bonds is 6. The Labute approximate surface area is 132 Å². The molecule has 118 valence electrons. The molecule has 0 fully saturated rings. The lowest BCUT2D eigenvalue weighted by Gasteiger charge is -2.14. The minimum Gasteiger partial charge on any atom is -0.393 e. The van der Waals surface area contributed by atoms with Gasteiger partial charge in [0.25, 0.3) is 5.69 Å². The van der Waals surface area contributed by atoms with E-state index in [4.69, 9.17) is 5.73 Å². The number of hydrogen-bond donors (Lipinski definition) is 2. The van der Waals surface area contributed by atoms with Gasteiger partial charge < -0.3 is 5.73 Å². The van der Waals surface area contributed by atoms with Crippen LogP contribution in [0.25, 0.3) is 0 Å². The minimum absolute atomic E-state index is 0.0552. The summed E-state index contributed by atoms with van der Waals surface area (Å²) in [5, 5.41) is 11.0. The lowest BCUT2D eigenvalue weighted by atomic mass is 10.0. The van der Waals surface area contributed by atoms with E-state index in [0.717, 1.165) is 18.5 Å². The summed E-state index contributed by atoms with van der Waals surface area (Å²) in [4.78, 5) is 23.7. The number of carbonyl (C=O) groups excluding carboxylic acids is 1. The summed E-state index contributed by atoms with van der Waals surface area (Å²) in [5.74, 6) is -0.203. The first-order chi connectivity index (χ1) is 10.5. The van der Waals surface area contributed by atoms with Crippen LogP contribution in [-0.2, 0) is 0 Å². The third kappa shape index (κ3) is 3.29. The zero-order chi connectivity index (χ0) is 16.3. The number of hydrazine groups is 1. The number of allylic oxidation sites excluding steroid dienone is 1. The number of nitro groups is 1. The number of carbonyl (C=O) groups is 1. The van der Waals surface area contributed by atoms with Crippen molar-refractivity contribution in [3.05, 3.63) is 44.4 Å². The van der Waals surface area contributed by atoms with E-state index in [9.17, 15) is 14.9 Å². The zero-order valence-electron chi connectivity index (χ0n) is 12.5. The second-order valence-corrected chi connectivity index (χ2v) is 5.82. The lowest BCUT2D eigenvalue weighted by Crippen LogP contribution is -2.30. The largest absolute Gasteiger partial charge is 0.393 e. The molecule has 0 aliphatic carbocycles. The first kappa shape index (κ1) is 16.5. The van der Waals surface area contributed by atoms with Gasteiger partial charge in [0.15, 0.2) is 0 Å². The second kappa shape index (κ2) is 6.91. The number of ketones is 1. The third-order valence-electron chi connectivity index (χ3n) is 3.31. The second-order valence-electron chi connectivity index (χ2n) is 4.79. The molecule has 1 heterocycles. The standard InChI is InChI=1S/C14H18N4O3S/c1-3-9-8-17(16-4-2)22-14(9)13(19)10-5-6-11(15)12(7-10)18(20)21/h5-7,16H,3-4,8,15H2,1-2H3. The van der Waals surface area contributed by atoms with E-state index in [1.807, 2.05) is 18.3 Å². The van der Waals surface area contributed by atoms with Crippen LogP contribution in [0.1, 0.15) is 30.6 Å². The number of Topliss-reactive ketones (excluding diaryl/α,β-unsaturated/α-hetero) is 1. The normalized spacial score (nSPS) is 15.4. The molecule has 1 aliphatic rings. The highest BCUT2D eigenvalue weighted by atomic mass is 32.2. The Morgan fingerprint density at radius 2 is 2.23 bits per heavy atom. The summed E-state index contributed by atoms with van der Waals surface area (Å²) in [6, 6.07) is 4.18. The predicted octanol–water partition coefficient (Wildman–Crippen LogP) is 2.51. The summed E-state index contributed by atoms with van der Waals surface area (Å²) in [6.45, 7) is 5.39. The highest BCUT2D eigenvalue weighted by Crippen LogP contribution is 2.36. The lowest BCUT2D eigenvalue weighted by molar-refractivity contribution is -0.383. The minimum atomic E-state index is -0.575. The van der Waals surface area contributed by atoms with Crippen molar-refractivity contribution in [3.63, 3.8) is 0 Å². The van der Waals surface area contributed by atoms with Crippen molar-refractivity contribution in [3.8, 4) is 0 Å². The maximum absolute atomic E-state index is 12.7. The molecule has 0 unspecified atom stereocenters. The van der Waals surface area contributed by atoms with Gasteiger partial charge in [0, 0.05) is 24.7 Å². The van der Waals surface area contributed by atoms with E-state index in [2.05, 4.69) is 5.43 Å². The van der Waals surface area contributed by atoms with E-state index in [1.54, 1.807) is 0 Å². The molecule has 1 aliphatic heterocycles. The third-order valence-corrected chi connectivity index (χ3v) is 4.45. The van der Waals surface area contributed by atoms with Crippen molar-refractivity contribution in [2.24, 2.45) is 0 Å². The Bertz CT molecular complexity index is 645. The van der Waals surface area contributed by atoms with Gasteiger partial charge in [-0.05, 0) is 36.1 Å². The summed E-state index contributed by atoms with van der Waals surface area (Å²) >= 11 is 1.34. The van der Waals surface area contributed by atoms with Crippen LogP contribution >= 0.6 is 11.9 Å². The number of nitrogens with one attached hydrogen (secondary N) is 1. The van der Waals surface area contributed by atoms with Gasteiger partial charge in [-0.25, -0.2) is 5.43 Å². The number of benzene rings is 1. The molecule has 8 heteroatoms. The number of nitro benzene ring substituents is 1. The number of hydrogen-bond acceptors (Lipinski definition) is 7. The van der Waals surface area contributed by atoms with Crippen LogP contribution in [0.3, 0.4) is 0 Å². The van der Waals surface area contributed by atoms with E-state index in [-0.39, 0.29) is 22.7 Å². The highest BCUT2D eigenvalue weighted by Gasteiger charge is 2.28. The Kier molecular flexibility index (Phi) is 5.17. The van der Waals surface area contributed by atoms with Crippen molar-refractivity contribution >= 4 is 29.1 Å². The smallest absolute Gasteiger partial charge is 0.292 e. The van der Waals surface area contributed by atoms with Crippen LogP contribution in [0.2, 0.25) is 0 Å². The van der Waals surface area contributed by atoms with E-state index in [1.165, 1.54) is 30.1 Å². The number of nitrogens with zero attached hydrogens (tertiary/aromatic N) is 2. The topological polar surface area (TPSA) is 102 Å².